The van der Waals surface area contributed by atoms with Crippen molar-refractivity contribution < 1.29 is 9.53 Å². The van der Waals surface area contributed by atoms with Gasteiger partial charge in [0.1, 0.15) is 11.4 Å². The fraction of sp³-hybridized carbons (Fsp3) is 0.385. The second kappa shape index (κ2) is 9.10. The van der Waals surface area contributed by atoms with Crippen molar-refractivity contribution in [2.75, 3.05) is 24.1 Å². The summed E-state index contributed by atoms with van der Waals surface area (Å²) in [5.74, 6) is 0.476. The van der Waals surface area contributed by atoms with Crippen LogP contribution in [-0.4, -0.2) is 40.7 Å². The van der Waals surface area contributed by atoms with E-state index in [1.54, 1.807) is 11.1 Å². The molecule has 0 saturated carbocycles. The van der Waals surface area contributed by atoms with Crippen LogP contribution in [0.3, 0.4) is 0 Å². The highest BCUT2D eigenvalue weighted by Gasteiger charge is 2.27. The van der Waals surface area contributed by atoms with Crippen LogP contribution in [0.1, 0.15) is 39.2 Å². The number of carbonyl (C=O) groups is 1. The Hall–Kier alpha value is -2.99. The number of fused-ring (bicyclic) bond motifs is 1. The molecule has 1 saturated heterocycles. The van der Waals surface area contributed by atoms with E-state index in [0.717, 1.165) is 46.0 Å². The minimum atomic E-state index is -0.484. The van der Waals surface area contributed by atoms with E-state index in [1.165, 1.54) is 0 Å². The molecule has 4 rings (SSSR count). The Labute approximate surface area is 200 Å². The van der Waals surface area contributed by atoms with Crippen molar-refractivity contribution in [1.82, 2.24) is 9.88 Å². The summed E-state index contributed by atoms with van der Waals surface area (Å²) in [5, 5.41) is 6.38. The van der Waals surface area contributed by atoms with E-state index in [9.17, 15) is 4.79 Å². The van der Waals surface area contributed by atoms with E-state index in [-0.39, 0.29) is 12.1 Å². The number of nitrogens with one attached hydrogen (secondary N) is 1. The summed E-state index contributed by atoms with van der Waals surface area (Å²) < 4.78 is 5.51. The van der Waals surface area contributed by atoms with Crippen molar-refractivity contribution in [3.8, 4) is 11.1 Å². The molecule has 0 aliphatic carbocycles. The Bertz CT molecular complexity index is 1160. The summed E-state index contributed by atoms with van der Waals surface area (Å²) in [6.07, 6.45) is 3.25. The number of ether oxygens (including phenoxy) is 1. The average molecular weight is 467 g/mol. The molecule has 7 heteroatoms. The van der Waals surface area contributed by atoms with E-state index < -0.39 is 5.60 Å². The number of benzene rings is 2. The van der Waals surface area contributed by atoms with E-state index >= 15 is 0 Å². The quantitative estimate of drug-likeness (QED) is 0.476. The topological polar surface area (TPSA) is 80.5 Å². The first-order valence-electron chi connectivity index (χ1n) is 11.3. The van der Waals surface area contributed by atoms with Gasteiger partial charge in [-0.2, -0.15) is 0 Å². The van der Waals surface area contributed by atoms with Gasteiger partial charge in [0.15, 0.2) is 0 Å². The summed E-state index contributed by atoms with van der Waals surface area (Å²) in [5.41, 5.74) is 9.65. The van der Waals surface area contributed by atoms with Crippen molar-refractivity contribution in [2.24, 2.45) is 0 Å². The molecule has 33 heavy (non-hydrogen) atoms. The summed E-state index contributed by atoms with van der Waals surface area (Å²) in [6, 6.07) is 12.3. The number of amides is 1. The number of anilines is 2. The molecule has 1 fully saturated rings. The number of hydrogen-bond donors (Lipinski definition) is 2. The first kappa shape index (κ1) is 23.2. The van der Waals surface area contributed by atoms with E-state index in [2.05, 4.69) is 35.4 Å². The fourth-order valence-corrected chi connectivity index (χ4v) is 4.63. The Morgan fingerprint density at radius 1 is 1.21 bits per heavy atom. The number of likely N-dealkylation sites (tertiary alicyclic amines) is 1. The van der Waals surface area contributed by atoms with Crippen LogP contribution in [0.5, 0.6) is 0 Å². The minimum Gasteiger partial charge on any atom is -0.444 e. The molecule has 0 unspecified atom stereocenters. The lowest BCUT2D eigenvalue weighted by Crippen LogP contribution is -2.44. The zero-order chi connectivity index (χ0) is 23.8. The van der Waals surface area contributed by atoms with Gasteiger partial charge in [-0.25, -0.2) is 9.78 Å². The summed E-state index contributed by atoms with van der Waals surface area (Å²) in [4.78, 5) is 18.5. The molecule has 0 atom stereocenters. The van der Waals surface area contributed by atoms with Gasteiger partial charge in [0, 0.05) is 47.0 Å². The molecule has 0 bridgehead atoms. The van der Waals surface area contributed by atoms with Crippen LogP contribution < -0.4 is 11.1 Å². The number of rotatable bonds is 3. The van der Waals surface area contributed by atoms with Crippen LogP contribution in [0.15, 0.2) is 42.6 Å². The van der Waals surface area contributed by atoms with E-state index in [4.69, 9.17) is 22.1 Å². The van der Waals surface area contributed by atoms with Gasteiger partial charge in [0.25, 0.3) is 0 Å². The number of carbonyl (C=O) groups excluding carboxylic acids is 1. The van der Waals surface area contributed by atoms with Gasteiger partial charge in [-0.3, -0.25) is 0 Å². The van der Waals surface area contributed by atoms with Gasteiger partial charge >= 0.3 is 6.09 Å². The normalized spacial score (nSPS) is 15.0. The third kappa shape index (κ3) is 5.33. The number of nitrogen functional groups attached to an aromatic ring is 1. The van der Waals surface area contributed by atoms with E-state index in [1.807, 2.05) is 39.0 Å². The molecular weight excluding hydrogens is 436 g/mol. The zero-order valence-corrected chi connectivity index (χ0v) is 20.4. The molecule has 0 spiro atoms. The molecule has 174 valence electrons. The summed E-state index contributed by atoms with van der Waals surface area (Å²) >= 11 is 6.62. The second-order valence-electron chi connectivity index (χ2n) is 9.67. The Kier molecular flexibility index (Phi) is 6.39. The number of nitrogens with zero attached hydrogens (tertiary/aromatic N) is 2. The van der Waals surface area contributed by atoms with Crippen molar-refractivity contribution >= 4 is 40.0 Å². The molecule has 1 aliphatic heterocycles. The predicted molar refractivity (Wildman–Crippen MR) is 136 cm³/mol. The molecule has 6 nitrogen and oxygen atoms in total. The molecule has 1 amide bonds. The summed E-state index contributed by atoms with van der Waals surface area (Å²) in [6.45, 7) is 9.05. The van der Waals surface area contributed by atoms with Gasteiger partial charge in [-0.05, 0) is 81.3 Å². The van der Waals surface area contributed by atoms with Gasteiger partial charge in [-0.1, -0.05) is 23.7 Å². The molecule has 2 heterocycles. The van der Waals surface area contributed by atoms with Crippen LogP contribution in [0.2, 0.25) is 5.02 Å². The lowest BCUT2D eigenvalue weighted by atomic mass is 9.94. The second-order valence-corrected chi connectivity index (χ2v) is 10.1. The van der Waals surface area contributed by atoms with Crippen molar-refractivity contribution in [1.29, 1.82) is 0 Å². The molecular formula is C26H31ClN4O2. The number of halogens is 1. The Morgan fingerprint density at radius 3 is 2.61 bits per heavy atom. The number of aromatic nitrogens is 1. The first-order valence-corrected chi connectivity index (χ1v) is 11.7. The largest absolute Gasteiger partial charge is 0.444 e. The standard InChI is InChI=1S/C26H31ClN4O2/c1-16-6-5-7-22(27)24(16)21-13-19(12-17-15-29-23(28)14-20(17)21)30-18-8-10-31(11-9-18)25(32)33-26(2,3)4/h5-7,12-15,18,30H,8-11H2,1-4H3,(H2,28,29). The van der Waals surface area contributed by atoms with Gasteiger partial charge in [0.05, 0.1) is 0 Å². The van der Waals surface area contributed by atoms with Crippen LogP contribution in [0.4, 0.5) is 16.3 Å². The molecule has 0 radical (unpaired) electrons. The van der Waals surface area contributed by atoms with E-state index in [0.29, 0.717) is 23.9 Å². The zero-order valence-electron chi connectivity index (χ0n) is 19.6. The average Bonchev–Trinajstić information content (AvgIpc) is 2.73. The Balaban J connectivity index is 1.59. The number of hydrogen-bond acceptors (Lipinski definition) is 5. The lowest BCUT2D eigenvalue weighted by Gasteiger charge is -2.34. The minimum absolute atomic E-state index is 0.244. The monoisotopic (exact) mass is 466 g/mol. The number of pyridine rings is 1. The first-order chi connectivity index (χ1) is 15.6. The highest BCUT2D eigenvalue weighted by molar-refractivity contribution is 6.34. The molecule has 1 aliphatic rings. The van der Waals surface area contributed by atoms with Crippen molar-refractivity contribution in [3.05, 3.63) is 53.2 Å². The van der Waals surface area contributed by atoms with Crippen molar-refractivity contribution in [3.63, 3.8) is 0 Å². The number of piperidine rings is 1. The lowest BCUT2D eigenvalue weighted by molar-refractivity contribution is 0.0210. The Morgan fingerprint density at radius 2 is 1.94 bits per heavy atom. The predicted octanol–water partition coefficient (Wildman–Crippen LogP) is 6.26. The van der Waals surface area contributed by atoms with Crippen molar-refractivity contribution in [2.45, 2.75) is 52.2 Å². The fourth-order valence-electron chi connectivity index (χ4n) is 4.30. The van der Waals surface area contributed by atoms with Crippen LogP contribution in [0.25, 0.3) is 21.9 Å². The SMILES string of the molecule is Cc1cccc(Cl)c1-c1cc(NC2CCN(C(=O)OC(C)(C)C)CC2)cc2cnc(N)cc12. The third-order valence-electron chi connectivity index (χ3n) is 5.87. The number of aryl methyl sites for hydroxylation is 1. The maximum Gasteiger partial charge on any atom is 0.410 e. The van der Waals surface area contributed by atoms with Gasteiger partial charge in [-0.15, -0.1) is 0 Å². The van der Waals surface area contributed by atoms with Crippen LogP contribution in [-0.2, 0) is 4.74 Å². The maximum atomic E-state index is 12.4. The van der Waals surface area contributed by atoms with Crippen LogP contribution in [0, 0.1) is 6.92 Å². The van der Waals surface area contributed by atoms with Gasteiger partial charge < -0.3 is 20.7 Å². The molecule has 3 N–H and O–H groups in total. The maximum absolute atomic E-state index is 12.4. The smallest absolute Gasteiger partial charge is 0.410 e. The highest BCUT2D eigenvalue weighted by Crippen LogP contribution is 2.38. The molecule has 1 aromatic heterocycles. The highest BCUT2D eigenvalue weighted by atomic mass is 35.5. The molecule has 3 aromatic rings. The van der Waals surface area contributed by atoms with Crippen LogP contribution >= 0.6 is 11.6 Å². The summed E-state index contributed by atoms with van der Waals surface area (Å²) in [7, 11) is 0. The third-order valence-corrected chi connectivity index (χ3v) is 6.18. The number of nitrogens with two attached hydrogens (primary N) is 1. The molecule has 2 aromatic carbocycles. The van der Waals surface area contributed by atoms with Gasteiger partial charge in [0.2, 0.25) is 0 Å².